The number of carboxylic acid groups (broad SMARTS) is 1. The van der Waals surface area contributed by atoms with E-state index in [0.29, 0.717) is 43.5 Å². The van der Waals surface area contributed by atoms with Crippen molar-refractivity contribution < 1.29 is 34.0 Å². The fourth-order valence-electron chi connectivity index (χ4n) is 6.64. The summed E-state index contributed by atoms with van der Waals surface area (Å²) in [4.78, 5) is 12.4. The zero-order chi connectivity index (χ0) is 31.2. The highest BCUT2D eigenvalue weighted by Crippen LogP contribution is 2.43. The summed E-state index contributed by atoms with van der Waals surface area (Å²) in [6, 6.07) is 0. The number of aliphatic hydroxyl groups excluding tert-OH is 1. The molecule has 1 saturated carbocycles. The van der Waals surface area contributed by atoms with Gasteiger partial charge in [0.2, 0.25) is 5.76 Å². The number of carboxylic acids is 1. The minimum atomic E-state index is -1.18. The van der Waals surface area contributed by atoms with Crippen molar-refractivity contribution in [3.8, 4) is 0 Å². The van der Waals surface area contributed by atoms with Gasteiger partial charge in [-0.05, 0) is 103 Å². The molecule has 7 atom stereocenters. The van der Waals surface area contributed by atoms with E-state index in [1.807, 2.05) is 0 Å². The first-order valence-corrected chi connectivity index (χ1v) is 18.0. The van der Waals surface area contributed by atoms with Crippen molar-refractivity contribution in [2.75, 3.05) is 13.2 Å². The first-order chi connectivity index (χ1) is 20.7. The number of aliphatic carboxylic acids is 1. The maximum absolute atomic E-state index is 12.4. The summed E-state index contributed by atoms with van der Waals surface area (Å²) >= 11 is 2.33. The highest BCUT2D eigenvalue weighted by Gasteiger charge is 2.39. The molecule has 43 heavy (non-hydrogen) atoms. The second kappa shape index (κ2) is 19.5. The number of aliphatic hydroxyl groups is 1. The molecule has 4 unspecified atom stereocenters. The fraction of sp³-hybridized carbons (Fsp3) is 0.800. The molecule has 7 nitrogen and oxygen atoms in total. The van der Waals surface area contributed by atoms with Gasteiger partial charge in [0.05, 0.1) is 12.7 Å². The molecular weight excluding hydrogens is 659 g/mol. The molecule has 0 amide bonds. The number of hydrogen-bond acceptors (Lipinski definition) is 6. The summed E-state index contributed by atoms with van der Waals surface area (Å²) in [7, 11) is 0. The molecule has 0 radical (unpaired) electrons. The van der Waals surface area contributed by atoms with Gasteiger partial charge >= 0.3 is 5.97 Å². The Labute approximate surface area is 274 Å². The topological polar surface area (TPSA) is 94.5 Å². The van der Waals surface area contributed by atoms with E-state index in [9.17, 15) is 15.0 Å². The zero-order valence-electron chi connectivity index (χ0n) is 26.9. The van der Waals surface area contributed by atoms with Crippen LogP contribution in [-0.4, -0.2) is 58.1 Å². The minimum Gasteiger partial charge on any atom is -0.475 e. The Bertz CT molecular complexity index is 915. The van der Waals surface area contributed by atoms with Crippen LogP contribution in [0.25, 0.3) is 0 Å². The van der Waals surface area contributed by atoms with E-state index >= 15 is 0 Å². The molecule has 0 aromatic carbocycles. The number of hydrogen-bond donors (Lipinski definition) is 2. The highest BCUT2D eigenvalue weighted by molar-refractivity contribution is 14.1. The van der Waals surface area contributed by atoms with Crippen LogP contribution in [0.3, 0.4) is 0 Å². The van der Waals surface area contributed by atoms with Gasteiger partial charge in [0.25, 0.3) is 0 Å². The van der Waals surface area contributed by atoms with Crippen LogP contribution < -0.4 is 0 Å². The molecule has 2 heterocycles. The molecule has 0 spiro atoms. The zero-order valence-corrected chi connectivity index (χ0v) is 29.0. The van der Waals surface area contributed by atoms with Gasteiger partial charge in [0.15, 0.2) is 12.6 Å². The number of carbonyl (C=O) groups is 1. The molecule has 0 bridgehead atoms. The van der Waals surface area contributed by atoms with Crippen molar-refractivity contribution in [3.63, 3.8) is 0 Å². The Hall–Kier alpha value is -0.940. The summed E-state index contributed by atoms with van der Waals surface area (Å²) in [5.74, 6) is -0.430. The summed E-state index contributed by atoms with van der Waals surface area (Å²) in [6.45, 7) is 11.6. The molecule has 3 fully saturated rings. The van der Waals surface area contributed by atoms with Gasteiger partial charge in [-0.25, -0.2) is 4.79 Å². The predicted molar refractivity (Wildman–Crippen MR) is 179 cm³/mol. The van der Waals surface area contributed by atoms with E-state index in [2.05, 4.69) is 49.1 Å². The van der Waals surface area contributed by atoms with Crippen molar-refractivity contribution in [2.24, 2.45) is 11.8 Å². The Morgan fingerprint density at radius 2 is 1.65 bits per heavy atom. The Kier molecular flexibility index (Phi) is 16.6. The third-order valence-electron chi connectivity index (χ3n) is 9.22. The maximum atomic E-state index is 12.4. The SMILES string of the molecule is C=C1CC[C@H](CCCCCCCC=C(C)C)[C@H]1C[C@@H](I)C(O)C(OC1CCCCO1)C(C)=C(OC1CCCCO1)C(=O)O. The number of alkyl halides is 1. The lowest BCUT2D eigenvalue weighted by atomic mass is 9.84. The van der Waals surface area contributed by atoms with Gasteiger partial charge in [0.1, 0.15) is 6.10 Å². The van der Waals surface area contributed by atoms with E-state index in [0.717, 1.165) is 44.9 Å². The third-order valence-corrected chi connectivity index (χ3v) is 10.5. The molecule has 246 valence electrons. The van der Waals surface area contributed by atoms with Gasteiger partial charge in [0, 0.05) is 22.5 Å². The van der Waals surface area contributed by atoms with E-state index in [1.165, 1.54) is 56.1 Å². The molecule has 8 heteroatoms. The molecule has 2 saturated heterocycles. The molecular formula is C35H57IO7. The van der Waals surface area contributed by atoms with Gasteiger partial charge in [-0.3, -0.25) is 0 Å². The monoisotopic (exact) mass is 716 g/mol. The Morgan fingerprint density at radius 1 is 1.00 bits per heavy atom. The number of halogens is 1. The molecule has 0 aromatic rings. The smallest absolute Gasteiger partial charge is 0.371 e. The summed E-state index contributed by atoms with van der Waals surface area (Å²) in [5.41, 5.74) is 3.06. The highest BCUT2D eigenvalue weighted by atomic mass is 127. The Morgan fingerprint density at radius 3 is 2.28 bits per heavy atom. The van der Waals surface area contributed by atoms with Crippen LogP contribution in [0.2, 0.25) is 0 Å². The molecule has 2 aliphatic heterocycles. The molecule has 0 aromatic heterocycles. The number of rotatable bonds is 18. The second-order valence-corrected chi connectivity index (χ2v) is 14.6. The van der Waals surface area contributed by atoms with Gasteiger partial charge in [-0.15, -0.1) is 0 Å². The van der Waals surface area contributed by atoms with Crippen LogP contribution in [0.5, 0.6) is 0 Å². The van der Waals surface area contributed by atoms with Crippen molar-refractivity contribution in [2.45, 2.75) is 152 Å². The average Bonchev–Trinajstić information content (AvgIpc) is 3.34. The largest absolute Gasteiger partial charge is 0.475 e. The van der Waals surface area contributed by atoms with Crippen molar-refractivity contribution >= 4 is 28.6 Å². The first kappa shape index (κ1) is 36.5. The van der Waals surface area contributed by atoms with Crippen LogP contribution in [0, 0.1) is 11.8 Å². The van der Waals surface area contributed by atoms with Crippen molar-refractivity contribution in [1.82, 2.24) is 0 Å². The van der Waals surface area contributed by atoms with Crippen molar-refractivity contribution in [1.29, 1.82) is 0 Å². The summed E-state index contributed by atoms with van der Waals surface area (Å²) in [5, 5.41) is 21.9. The predicted octanol–water partition coefficient (Wildman–Crippen LogP) is 8.63. The summed E-state index contributed by atoms with van der Waals surface area (Å²) in [6.07, 6.45) is 16.4. The standard InChI is InChI=1S/C35H57IO7/c1-24(2)15-9-7-5-6-8-10-16-27-20-19-25(3)28(27)23-29(36)32(37)33(42-30-17-11-13-21-40-30)26(4)34(35(38)39)43-31-18-12-14-22-41-31/h15,27-33,37H,3,5-14,16-23H2,1-2,4H3,(H,38,39)/t27-,28-,29+,30?,31?,32?,33?/m0/s1. The van der Waals surface area contributed by atoms with Gasteiger partial charge in [-0.1, -0.05) is 72.1 Å². The number of allylic oxidation sites excluding steroid dienone is 3. The van der Waals surface area contributed by atoms with E-state index < -0.39 is 30.8 Å². The lowest BCUT2D eigenvalue weighted by Gasteiger charge is -2.35. The van der Waals surface area contributed by atoms with Crippen molar-refractivity contribution in [3.05, 3.63) is 35.1 Å². The molecule has 2 N–H and O–H groups in total. The lowest BCUT2D eigenvalue weighted by Crippen LogP contribution is -2.42. The molecule has 3 rings (SSSR count). The van der Waals surface area contributed by atoms with Crippen LogP contribution in [0.4, 0.5) is 0 Å². The lowest BCUT2D eigenvalue weighted by molar-refractivity contribution is -0.199. The van der Waals surface area contributed by atoms with E-state index in [-0.39, 0.29) is 9.68 Å². The number of ether oxygens (including phenoxy) is 4. The fourth-order valence-corrected chi connectivity index (χ4v) is 7.56. The Balaban J connectivity index is 1.64. The minimum absolute atomic E-state index is 0.153. The van der Waals surface area contributed by atoms with E-state index in [4.69, 9.17) is 18.9 Å². The van der Waals surface area contributed by atoms with E-state index in [1.54, 1.807) is 6.92 Å². The average molecular weight is 717 g/mol. The van der Waals surface area contributed by atoms with Gasteiger partial charge in [-0.2, -0.15) is 0 Å². The van der Waals surface area contributed by atoms with Crippen LogP contribution in [0.1, 0.15) is 124 Å². The molecule has 3 aliphatic rings. The quantitative estimate of drug-likeness (QED) is 0.0366. The normalized spacial score (nSPS) is 27.2. The van der Waals surface area contributed by atoms with Crippen LogP contribution in [-0.2, 0) is 23.7 Å². The van der Waals surface area contributed by atoms with Gasteiger partial charge < -0.3 is 29.2 Å². The molecule has 1 aliphatic carbocycles. The number of unbranched alkanes of at least 4 members (excludes halogenated alkanes) is 5. The van der Waals surface area contributed by atoms with Crippen LogP contribution in [0.15, 0.2) is 35.1 Å². The summed E-state index contributed by atoms with van der Waals surface area (Å²) < 4.78 is 23.6. The first-order valence-electron chi connectivity index (χ1n) is 16.8. The van der Waals surface area contributed by atoms with Crippen LogP contribution >= 0.6 is 22.6 Å². The third kappa shape index (κ3) is 12.4. The maximum Gasteiger partial charge on any atom is 0.371 e. The second-order valence-electron chi connectivity index (χ2n) is 13.0.